The summed E-state index contributed by atoms with van der Waals surface area (Å²) in [5, 5.41) is 9.42. The first-order valence-corrected chi connectivity index (χ1v) is 4.15. The van der Waals surface area contributed by atoms with Crippen LogP contribution in [0.1, 0.15) is 12.8 Å². The van der Waals surface area contributed by atoms with Gasteiger partial charge in [-0.05, 0) is 25.3 Å². The standard InChI is InChI=1S/C8H15NO3/c1-12-8(11)5-2-6(4-9)7(10)3-5/h5-7,10H,2-4,9H2,1H3/t5-,6+,7+/m0/s1. The molecule has 0 bridgehead atoms. The molecule has 0 spiro atoms. The molecule has 70 valence electrons. The number of hydrogen-bond donors (Lipinski definition) is 2. The van der Waals surface area contributed by atoms with E-state index in [1.54, 1.807) is 0 Å². The van der Waals surface area contributed by atoms with E-state index in [0.717, 1.165) is 0 Å². The quantitative estimate of drug-likeness (QED) is 0.552. The maximum atomic E-state index is 11.0. The summed E-state index contributed by atoms with van der Waals surface area (Å²) in [6, 6.07) is 0. The zero-order chi connectivity index (χ0) is 9.14. The van der Waals surface area contributed by atoms with Gasteiger partial charge in [0.25, 0.3) is 0 Å². The Morgan fingerprint density at radius 1 is 1.67 bits per heavy atom. The number of methoxy groups -OCH3 is 1. The molecular weight excluding hydrogens is 158 g/mol. The van der Waals surface area contributed by atoms with Gasteiger partial charge >= 0.3 is 5.97 Å². The number of aliphatic hydroxyl groups is 1. The normalized spacial score (nSPS) is 35.1. The van der Waals surface area contributed by atoms with E-state index in [1.165, 1.54) is 7.11 Å². The Morgan fingerprint density at radius 2 is 2.33 bits per heavy atom. The van der Waals surface area contributed by atoms with Gasteiger partial charge in [-0.3, -0.25) is 4.79 Å². The van der Waals surface area contributed by atoms with Crippen molar-refractivity contribution in [3.05, 3.63) is 0 Å². The first-order valence-electron chi connectivity index (χ1n) is 4.15. The molecule has 0 aromatic carbocycles. The average molecular weight is 173 g/mol. The van der Waals surface area contributed by atoms with Crippen molar-refractivity contribution >= 4 is 5.97 Å². The monoisotopic (exact) mass is 173 g/mol. The Labute approximate surface area is 71.7 Å². The molecule has 0 aliphatic heterocycles. The minimum absolute atomic E-state index is 0.0640. The van der Waals surface area contributed by atoms with Crippen molar-refractivity contribution in [2.75, 3.05) is 13.7 Å². The van der Waals surface area contributed by atoms with Gasteiger partial charge in [-0.15, -0.1) is 0 Å². The van der Waals surface area contributed by atoms with E-state index in [2.05, 4.69) is 4.74 Å². The zero-order valence-corrected chi connectivity index (χ0v) is 7.19. The van der Waals surface area contributed by atoms with Gasteiger partial charge in [0.05, 0.1) is 19.1 Å². The maximum Gasteiger partial charge on any atom is 0.308 e. The van der Waals surface area contributed by atoms with E-state index in [4.69, 9.17) is 5.73 Å². The lowest BCUT2D eigenvalue weighted by Crippen LogP contribution is -2.21. The summed E-state index contributed by atoms with van der Waals surface area (Å²) in [4.78, 5) is 11.0. The Hall–Kier alpha value is -0.610. The van der Waals surface area contributed by atoms with Gasteiger partial charge in [-0.25, -0.2) is 0 Å². The average Bonchev–Trinajstić information content (AvgIpc) is 2.45. The molecule has 3 N–H and O–H groups in total. The van der Waals surface area contributed by atoms with E-state index in [1.807, 2.05) is 0 Å². The van der Waals surface area contributed by atoms with Crippen LogP contribution >= 0.6 is 0 Å². The van der Waals surface area contributed by atoms with E-state index in [0.29, 0.717) is 19.4 Å². The van der Waals surface area contributed by atoms with Gasteiger partial charge in [0.15, 0.2) is 0 Å². The number of carbonyl (C=O) groups is 1. The molecule has 12 heavy (non-hydrogen) atoms. The van der Waals surface area contributed by atoms with E-state index in [9.17, 15) is 9.90 Å². The van der Waals surface area contributed by atoms with Crippen molar-refractivity contribution in [2.45, 2.75) is 18.9 Å². The van der Waals surface area contributed by atoms with Crippen molar-refractivity contribution in [3.8, 4) is 0 Å². The fraction of sp³-hybridized carbons (Fsp3) is 0.875. The van der Waals surface area contributed by atoms with Gasteiger partial charge < -0.3 is 15.6 Å². The minimum atomic E-state index is -0.431. The molecule has 4 nitrogen and oxygen atoms in total. The molecule has 0 amide bonds. The molecule has 0 saturated heterocycles. The van der Waals surface area contributed by atoms with Crippen LogP contribution in [0.4, 0.5) is 0 Å². The molecule has 0 radical (unpaired) electrons. The van der Waals surface area contributed by atoms with Crippen LogP contribution in [0, 0.1) is 11.8 Å². The molecule has 1 fully saturated rings. The molecule has 0 aromatic heterocycles. The summed E-state index contributed by atoms with van der Waals surface area (Å²) in [5.41, 5.74) is 5.42. The lowest BCUT2D eigenvalue weighted by atomic mass is 10.1. The van der Waals surface area contributed by atoms with Gasteiger partial charge in [0.1, 0.15) is 0 Å². The Kier molecular flexibility index (Phi) is 3.05. The third kappa shape index (κ3) is 1.76. The third-order valence-electron chi connectivity index (χ3n) is 2.49. The van der Waals surface area contributed by atoms with Gasteiger partial charge in [-0.1, -0.05) is 0 Å². The summed E-state index contributed by atoms with van der Waals surface area (Å²) in [6.07, 6.45) is 0.720. The summed E-state index contributed by atoms with van der Waals surface area (Å²) in [6.45, 7) is 0.439. The highest BCUT2D eigenvalue weighted by atomic mass is 16.5. The van der Waals surface area contributed by atoms with Crippen molar-refractivity contribution in [1.29, 1.82) is 0 Å². The summed E-state index contributed by atoms with van der Waals surface area (Å²) >= 11 is 0. The SMILES string of the molecule is COC(=O)[C@H]1C[C@H](CN)[C@H](O)C1. The second-order valence-corrected chi connectivity index (χ2v) is 3.25. The van der Waals surface area contributed by atoms with Crippen molar-refractivity contribution < 1.29 is 14.6 Å². The highest BCUT2D eigenvalue weighted by Crippen LogP contribution is 2.31. The second-order valence-electron chi connectivity index (χ2n) is 3.25. The number of ether oxygens (including phenoxy) is 1. The maximum absolute atomic E-state index is 11.0. The number of rotatable bonds is 2. The van der Waals surface area contributed by atoms with Crippen LogP contribution in [0.25, 0.3) is 0 Å². The number of hydrogen-bond acceptors (Lipinski definition) is 4. The number of aliphatic hydroxyl groups excluding tert-OH is 1. The predicted octanol–water partition coefficient (Wildman–Crippen LogP) is -0.495. The van der Waals surface area contributed by atoms with Gasteiger partial charge in [-0.2, -0.15) is 0 Å². The summed E-state index contributed by atoms with van der Waals surface area (Å²) in [5.74, 6) is -0.322. The molecule has 1 rings (SSSR count). The lowest BCUT2D eigenvalue weighted by molar-refractivity contribution is -0.145. The lowest BCUT2D eigenvalue weighted by Gasteiger charge is -2.09. The fourth-order valence-corrected chi connectivity index (χ4v) is 1.72. The van der Waals surface area contributed by atoms with Crippen LogP contribution in [0.15, 0.2) is 0 Å². The van der Waals surface area contributed by atoms with Gasteiger partial charge in [0, 0.05) is 0 Å². The Bertz CT molecular complexity index is 172. The third-order valence-corrected chi connectivity index (χ3v) is 2.49. The molecule has 3 atom stereocenters. The minimum Gasteiger partial charge on any atom is -0.469 e. The van der Waals surface area contributed by atoms with Crippen LogP contribution in [0.3, 0.4) is 0 Å². The highest BCUT2D eigenvalue weighted by molar-refractivity contribution is 5.72. The number of nitrogens with two attached hydrogens (primary N) is 1. The molecule has 0 heterocycles. The smallest absolute Gasteiger partial charge is 0.308 e. The molecule has 1 saturated carbocycles. The predicted molar refractivity (Wildman–Crippen MR) is 43.3 cm³/mol. The van der Waals surface area contributed by atoms with Crippen molar-refractivity contribution in [3.63, 3.8) is 0 Å². The van der Waals surface area contributed by atoms with Crippen LogP contribution < -0.4 is 5.73 Å². The van der Waals surface area contributed by atoms with Crippen molar-refractivity contribution in [1.82, 2.24) is 0 Å². The molecule has 0 unspecified atom stereocenters. The highest BCUT2D eigenvalue weighted by Gasteiger charge is 2.36. The summed E-state index contributed by atoms with van der Waals surface area (Å²) < 4.78 is 4.58. The first kappa shape index (κ1) is 9.48. The molecule has 1 aliphatic carbocycles. The number of esters is 1. The van der Waals surface area contributed by atoms with E-state index < -0.39 is 6.10 Å². The van der Waals surface area contributed by atoms with Crippen LogP contribution in [-0.2, 0) is 9.53 Å². The van der Waals surface area contributed by atoms with E-state index >= 15 is 0 Å². The fourth-order valence-electron chi connectivity index (χ4n) is 1.72. The van der Waals surface area contributed by atoms with Crippen LogP contribution in [0.5, 0.6) is 0 Å². The topological polar surface area (TPSA) is 72.5 Å². The Balaban J connectivity index is 2.48. The second kappa shape index (κ2) is 3.87. The summed E-state index contributed by atoms with van der Waals surface area (Å²) in [7, 11) is 1.37. The van der Waals surface area contributed by atoms with E-state index in [-0.39, 0.29) is 17.8 Å². The largest absolute Gasteiger partial charge is 0.469 e. The first-order chi connectivity index (χ1) is 5.69. The Morgan fingerprint density at radius 3 is 2.75 bits per heavy atom. The zero-order valence-electron chi connectivity index (χ0n) is 7.19. The molecule has 4 heteroatoms. The number of carbonyl (C=O) groups excluding carboxylic acids is 1. The molecule has 1 aliphatic rings. The van der Waals surface area contributed by atoms with Crippen LogP contribution in [-0.4, -0.2) is 30.8 Å². The van der Waals surface area contributed by atoms with Gasteiger partial charge in [0.2, 0.25) is 0 Å². The van der Waals surface area contributed by atoms with Crippen molar-refractivity contribution in [2.24, 2.45) is 17.6 Å². The molecular formula is C8H15NO3. The molecule has 0 aromatic rings. The van der Waals surface area contributed by atoms with Crippen LogP contribution in [0.2, 0.25) is 0 Å².